The van der Waals surface area contributed by atoms with E-state index in [-0.39, 0.29) is 5.92 Å². The van der Waals surface area contributed by atoms with Crippen molar-refractivity contribution in [2.24, 2.45) is 5.92 Å². The van der Waals surface area contributed by atoms with Crippen molar-refractivity contribution in [2.75, 3.05) is 37.6 Å². The van der Waals surface area contributed by atoms with Crippen molar-refractivity contribution >= 4 is 11.7 Å². The molecule has 0 bridgehead atoms. The summed E-state index contributed by atoms with van der Waals surface area (Å²) in [5.74, 6) is 2.44. The molecule has 2 saturated heterocycles. The maximum absolute atomic E-state index is 13.0. The Morgan fingerprint density at radius 1 is 1.07 bits per heavy atom. The third kappa shape index (κ3) is 3.81. The molecule has 6 heteroatoms. The van der Waals surface area contributed by atoms with Crippen LogP contribution in [0.15, 0.2) is 30.3 Å². The number of piperazine rings is 1. The lowest BCUT2D eigenvalue weighted by molar-refractivity contribution is -0.137. The molecule has 2 aliphatic heterocycles. The van der Waals surface area contributed by atoms with Gasteiger partial charge in [0.2, 0.25) is 5.91 Å². The van der Waals surface area contributed by atoms with Gasteiger partial charge >= 0.3 is 0 Å². The van der Waals surface area contributed by atoms with Crippen LogP contribution in [0.4, 0.5) is 5.82 Å². The fraction of sp³-hybridized carbons (Fsp3) is 0.542. The maximum atomic E-state index is 13.0. The van der Waals surface area contributed by atoms with E-state index < -0.39 is 0 Å². The van der Waals surface area contributed by atoms with Crippen molar-refractivity contribution in [3.8, 4) is 11.4 Å². The van der Waals surface area contributed by atoms with E-state index in [9.17, 15) is 4.79 Å². The molecule has 0 spiro atoms. The standard InChI is InChI=1S/C24H31N5O/c1-17-16-29(15-12-25-17)24(30)19-10-13-28(14-11-19)23-20-8-5-9-21(20)26-22(27-23)18-6-3-2-4-7-18/h2-4,6-7,17,19,25H,5,8-16H2,1H3/t17-/m1/s1. The third-order valence-electron chi connectivity index (χ3n) is 6.77. The van der Waals surface area contributed by atoms with E-state index in [1.54, 1.807) is 0 Å². The molecule has 158 valence electrons. The van der Waals surface area contributed by atoms with Gasteiger partial charge in [0, 0.05) is 61.5 Å². The van der Waals surface area contributed by atoms with E-state index in [0.29, 0.717) is 11.9 Å². The molecular weight excluding hydrogens is 374 g/mol. The number of carbonyl (C=O) groups is 1. The summed E-state index contributed by atoms with van der Waals surface area (Å²) in [5, 5.41) is 3.42. The minimum Gasteiger partial charge on any atom is -0.356 e. The van der Waals surface area contributed by atoms with Crippen LogP contribution in [0.3, 0.4) is 0 Å². The van der Waals surface area contributed by atoms with Crippen molar-refractivity contribution in [1.82, 2.24) is 20.2 Å². The first-order valence-electron chi connectivity index (χ1n) is 11.4. The van der Waals surface area contributed by atoms with Crippen molar-refractivity contribution < 1.29 is 4.79 Å². The fourth-order valence-electron chi connectivity index (χ4n) is 5.12. The predicted octanol–water partition coefficient (Wildman–Crippen LogP) is 2.67. The molecule has 2 aromatic rings. The number of nitrogens with one attached hydrogen (secondary N) is 1. The Balaban J connectivity index is 1.32. The van der Waals surface area contributed by atoms with Crippen LogP contribution in [0.2, 0.25) is 0 Å². The molecule has 1 aliphatic carbocycles. The van der Waals surface area contributed by atoms with Gasteiger partial charge < -0.3 is 15.1 Å². The van der Waals surface area contributed by atoms with Gasteiger partial charge in [-0.2, -0.15) is 0 Å². The minimum atomic E-state index is 0.148. The second kappa shape index (κ2) is 8.34. The Morgan fingerprint density at radius 3 is 2.63 bits per heavy atom. The smallest absolute Gasteiger partial charge is 0.225 e. The number of amides is 1. The van der Waals surface area contributed by atoms with Crippen LogP contribution in [-0.2, 0) is 17.6 Å². The van der Waals surface area contributed by atoms with Crippen LogP contribution in [0.5, 0.6) is 0 Å². The zero-order chi connectivity index (χ0) is 20.5. The molecule has 1 aromatic heterocycles. The average Bonchev–Trinajstić information content (AvgIpc) is 3.27. The molecule has 6 nitrogen and oxygen atoms in total. The summed E-state index contributed by atoms with van der Waals surface area (Å²) in [5.41, 5.74) is 3.62. The Hall–Kier alpha value is -2.47. The summed E-state index contributed by atoms with van der Waals surface area (Å²) in [7, 11) is 0. The SMILES string of the molecule is C[C@@H]1CN(C(=O)C2CCN(c3nc(-c4ccccc4)nc4c3CCC4)CC2)CCN1. The van der Waals surface area contributed by atoms with Gasteiger partial charge in [0.25, 0.3) is 0 Å². The van der Waals surface area contributed by atoms with E-state index in [1.165, 1.54) is 11.3 Å². The average molecular weight is 406 g/mol. The normalized spacial score (nSPS) is 22.2. The zero-order valence-corrected chi connectivity index (χ0v) is 17.8. The summed E-state index contributed by atoms with van der Waals surface area (Å²) in [6, 6.07) is 10.7. The summed E-state index contributed by atoms with van der Waals surface area (Å²) in [6.07, 6.45) is 5.09. The number of anilines is 1. The van der Waals surface area contributed by atoms with Gasteiger partial charge in [-0.1, -0.05) is 30.3 Å². The monoisotopic (exact) mass is 405 g/mol. The Morgan fingerprint density at radius 2 is 1.87 bits per heavy atom. The number of carbonyl (C=O) groups excluding carboxylic acids is 1. The molecule has 1 N–H and O–H groups in total. The second-order valence-corrected chi connectivity index (χ2v) is 8.92. The summed E-state index contributed by atoms with van der Waals surface area (Å²) < 4.78 is 0. The van der Waals surface area contributed by atoms with Gasteiger partial charge in [0.1, 0.15) is 5.82 Å². The summed E-state index contributed by atoms with van der Waals surface area (Å²) in [6.45, 7) is 6.52. The topological polar surface area (TPSA) is 61.4 Å². The van der Waals surface area contributed by atoms with Crippen molar-refractivity contribution in [1.29, 1.82) is 0 Å². The molecule has 30 heavy (non-hydrogen) atoms. The number of aryl methyl sites for hydroxylation is 1. The summed E-state index contributed by atoms with van der Waals surface area (Å²) >= 11 is 0. The van der Waals surface area contributed by atoms with Crippen LogP contribution < -0.4 is 10.2 Å². The van der Waals surface area contributed by atoms with Crippen molar-refractivity contribution in [3.05, 3.63) is 41.6 Å². The maximum Gasteiger partial charge on any atom is 0.225 e. The quantitative estimate of drug-likeness (QED) is 0.851. The van der Waals surface area contributed by atoms with E-state index >= 15 is 0 Å². The number of aromatic nitrogens is 2. The minimum absolute atomic E-state index is 0.148. The van der Waals surface area contributed by atoms with Gasteiger partial charge in [-0.05, 0) is 39.0 Å². The molecule has 2 fully saturated rings. The Kier molecular flexibility index (Phi) is 5.42. The fourth-order valence-corrected chi connectivity index (χ4v) is 5.12. The molecule has 0 unspecified atom stereocenters. The first kappa shape index (κ1) is 19.5. The second-order valence-electron chi connectivity index (χ2n) is 8.92. The largest absolute Gasteiger partial charge is 0.356 e. The molecule has 5 rings (SSSR count). The summed E-state index contributed by atoms with van der Waals surface area (Å²) in [4.78, 5) is 27.4. The van der Waals surface area contributed by atoms with Gasteiger partial charge in [-0.15, -0.1) is 0 Å². The lowest BCUT2D eigenvalue weighted by Crippen LogP contribution is -2.53. The highest BCUT2D eigenvalue weighted by Gasteiger charge is 2.32. The number of hydrogen-bond donors (Lipinski definition) is 1. The predicted molar refractivity (Wildman–Crippen MR) is 118 cm³/mol. The van der Waals surface area contributed by atoms with Gasteiger partial charge in [-0.25, -0.2) is 9.97 Å². The van der Waals surface area contributed by atoms with E-state index in [1.807, 2.05) is 18.2 Å². The molecular formula is C24H31N5O. The molecule has 3 aliphatic rings. The number of hydrogen-bond acceptors (Lipinski definition) is 5. The van der Waals surface area contributed by atoms with E-state index in [2.05, 4.69) is 34.2 Å². The number of fused-ring (bicyclic) bond motifs is 1. The molecule has 1 atom stereocenters. The number of benzene rings is 1. The lowest BCUT2D eigenvalue weighted by atomic mass is 9.94. The molecule has 1 aromatic carbocycles. The van der Waals surface area contributed by atoms with Gasteiger partial charge in [0.05, 0.1) is 0 Å². The van der Waals surface area contributed by atoms with E-state index in [4.69, 9.17) is 9.97 Å². The van der Waals surface area contributed by atoms with Crippen LogP contribution >= 0.6 is 0 Å². The first-order valence-corrected chi connectivity index (χ1v) is 11.4. The highest BCUT2D eigenvalue weighted by molar-refractivity contribution is 5.79. The van der Waals surface area contributed by atoms with E-state index in [0.717, 1.165) is 82.0 Å². The Labute approximate surface area is 178 Å². The third-order valence-corrected chi connectivity index (χ3v) is 6.77. The van der Waals surface area contributed by atoms with Crippen LogP contribution in [0.25, 0.3) is 11.4 Å². The molecule has 1 amide bonds. The van der Waals surface area contributed by atoms with Gasteiger partial charge in [0.15, 0.2) is 5.82 Å². The number of rotatable bonds is 3. The van der Waals surface area contributed by atoms with Crippen molar-refractivity contribution in [2.45, 2.75) is 45.1 Å². The van der Waals surface area contributed by atoms with Crippen LogP contribution in [-0.4, -0.2) is 59.5 Å². The molecule has 3 heterocycles. The highest BCUT2D eigenvalue weighted by atomic mass is 16.2. The van der Waals surface area contributed by atoms with Gasteiger partial charge in [-0.3, -0.25) is 4.79 Å². The molecule has 0 radical (unpaired) electrons. The van der Waals surface area contributed by atoms with Crippen LogP contribution in [0, 0.1) is 5.92 Å². The molecule has 0 saturated carbocycles. The highest BCUT2D eigenvalue weighted by Crippen LogP contribution is 2.33. The number of piperidine rings is 1. The number of nitrogens with zero attached hydrogens (tertiary/aromatic N) is 4. The lowest BCUT2D eigenvalue weighted by Gasteiger charge is -2.38. The first-order chi connectivity index (χ1) is 14.7. The van der Waals surface area contributed by atoms with Crippen LogP contribution in [0.1, 0.15) is 37.4 Å². The zero-order valence-electron chi connectivity index (χ0n) is 17.8. The Bertz CT molecular complexity index is 907. The van der Waals surface area contributed by atoms with Crippen molar-refractivity contribution in [3.63, 3.8) is 0 Å².